The van der Waals surface area contributed by atoms with Crippen LogP contribution in [0.5, 0.6) is 0 Å². The smallest absolute Gasteiger partial charge is 0.322 e. The molecule has 1 atom stereocenters. The quantitative estimate of drug-likeness (QED) is 0.310. The van der Waals surface area contributed by atoms with Crippen LogP contribution in [0.2, 0.25) is 0 Å². The number of carboxylic acid groups (broad SMARTS) is 3. The summed E-state index contributed by atoms with van der Waals surface area (Å²) >= 11 is 0. The van der Waals surface area contributed by atoms with Crippen molar-refractivity contribution in [3.63, 3.8) is 0 Å². The first-order chi connectivity index (χ1) is 6.93. The lowest BCUT2D eigenvalue weighted by Crippen LogP contribution is -2.47. The number of hydrogen-bond donors (Lipinski definition) is 5. The largest absolute Gasteiger partial charge is 0.480 e. The molecule has 0 aliphatic rings. The number of aliphatic carboxylic acids is 3. The maximum absolute atomic E-state index is 10.5. The summed E-state index contributed by atoms with van der Waals surface area (Å²) in [5.41, 5.74) is 0. The molecule has 0 rings (SSSR count). The maximum Gasteiger partial charge on any atom is 0.322 e. The lowest BCUT2D eigenvalue weighted by molar-refractivity contribution is -0.141. The van der Waals surface area contributed by atoms with Crippen molar-refractivity contribution in [2.45, 2.75) is 6.04 Å². The predicted molar refractivity (Wildman–Crippen MR) is 47.6 cm³/mol. The molecule has 0 saturated heterocycles. The van der Waals surface area contributed by atoms with Crippen molar-refractivity contribution in [3.8, 4) is 0 Å². The number of carboxylic acids is 3. The van der Waals surface area contributed by atoms with Crippen LogP contribution in [0.3, 0.4) is 0 Å². The monoisotopic (exact) mass is 220 g/mol. The Bertz CT molecular complexity index is 254. The van der Waals surface area contributed by atoms with Crippen molar-refractivity contribution in [3.05, 3.63) is 0 Å². The Labute approximate surface area is 84.9 Å². The molecule has 15 heavy (non-hydrogen) atoms. The minimum Gasteiger partial charge on any atom is -0.480 e. The van der Waals surface area contributed by atoms with Crippen molar-refractivity contribution in [1.82, 2.24) is 10.6 Å². The van der Waals surface area contributed by atoms with Crippen molar-refractivity contribution in [2.75, 3.05) is 19.6 Å². The molecule has 0 fully saturated rings. The van der Waals surface area contributed by atoms with Gasteiger partial charge in [0.2, 0.25) is 0 Å². The second kappa shape index (κ2) is 6.74. The molecule has 0 heterocycles. The molecule has 0 amide bonds. The fraction of sp³-hybridized carbons (Fsp3) is 0.571. The Morgan fingerprint density at radius 2 is 1.53 bits per heavy atom. The summed E-state index contributed by atoms with van der Waals surface area (Å²) in [6.07, 6.45) is 0. The SMILES string of the molecule is O=C(O)CNCC(NCC(=O)O)C(=O)O. The van der Waals surface area contributed by atoms with E-state index in [-0.39, 0.29) is 13.1 Å². The number of rotatable bonds is 8. The Kier molecular flexibility index (Phi) is 5.99. The summed E-state index contributed by atoms with van der Waals surface area (Å²) < 4.78 is 0. The average Bonchev–Trinajstić information content (AvgIpc) is 2.09. The molecule has 0 aromatic carbocycles. The predicted octanol–water partition coefficient (Wildman–Crippen LogP) is -2.21. The van der Waals surface area contributed by atoms with Crippen LogP contribution in [-0.2, 0) is 14.4 Å². The molecule has 8 heteroatoms. The molecule has 1 unspecified atom stereocenters. The molecule has 0 aliphatic carbocycles. The third kappa shape index (κ3) is 7.40. The van der Waals surface area contributed by atoms with Crippen LogP contribution in [0.25, 0.3) is 0 Å². The van der Waals surface area contributed by atoms with Crippen LogP contribution < -0.4 is 10.6 Å². The Morgan fingerprint density at radius 3 is 1.93 bits per heavy atom. The molecule has 86 valence electrons. The van der Waals surface area contributed by atoms with Crippen LogP contribution >= 0.6 is 0 Å². The highest BCUT2D eigenvalue weighted by molar-refractivity contribution is 5.76. The highest BCUT2D eigenvalue weighted by atomic mass is 16.4. The summed E-state index contributed by atoms with van der Waals surface area (Å²) in [5.74, 6) is -3.54. The lowest BCUT2D eigenvalue weighted by Gasteiger charge is -2.12. The highest BCUT2D eigenvalue weighted by Gasteiger charge is 2.17. The number of nitrogens with one attached hydrogen (secondary N) is 2. The van der Waals surface area contributed by atoms with Crippen LogP contribution in [-0.4, -0.2) is 58.9 Å². The third-order valence-corrected chi connectivity index (χ3v) is 1.42. The van der Waals surface area contributed by atoms with Crippen molar-refractivity contribution in [2.24, 2.45) is 0 Å². The van der Waals surface area contributed by atoms with Crippen LogP contribution in [0, 0.1) is 0 Å². The zero-order chi connectivity index (χ0) is 11.8. The molecule has 0 bridgehead atoms. The van der Waals surface area contributed by atoms with Gasteiger partial charge in [-0.15, -0.1) is 0 Å². The first kappa shape index (κ1) is 13.3. The summed E-state index contributed by atoms with van der Waals surface area (Å²) in [6.45, 7) is -1.03. The first-order valence-electron chi connectivity index (χ1n) is 4.04. The number of carbonyl (C=O) groups is 3. The molecule has 0 aromatic rings. The van der Waals surface area contributed by atoms with E-state index in [4.69, 9.17) is 15.3 Å². The van der Waals surface area contributed by atoms with Crippen molar-refractivity contribution in [1.29, 1.82) is 0 Å². The van der Waals surface area contributed by atoms with Gasteiger partial charge in [0.15, 0.2) is 0 Å². The molecular weight excluding hydrogens is 208 g/mol. The van der Waals surface area contributed by atoms with Crippen molar-refractivity contribution < 1.29 is 29.7 Å². The van der Waals surface area contributed by atoms with Crippen LogP contribution in [0.4, 0.5) is 0 Å². The summed E-state index contributed by atoms with van der Waals surface area (Å²) in [5, 5.41) is 29.7. The van der Waals surface area contributed by atoms with Gasteiger partial charge in [0, 0.05) is 6.54 Å². The zero-order valence-corrected chi connectivity index (χ0v) is 7.77. The normalized spacial score (nSPS) is 12.0. The Morgan fingerprint density at radius 1 is 1.00 bits per heavy atom. The minimum absolute atomic E-state index is 0.158. The Balaban J connectivity index is 3.88. The third-order valence-electron chi connectivity index (χ3n) is 1.42. The van der Waals surface area contributed by atoms with E-state index in [0.29, 0.717) is 0 Å². The van der Waals surface area contributed by atoms with Crippen molar-refractivity contribution >= 4 is 17.9 Å². The van der Waals surface area contributed by atoms with Gasteiger partial charge < -0.3 is 20.6 Å². The van der Waals surface area contributed by atoms with Gasteiger partial charge in [-0.05, 0) is 0 Å². The Hall–Kier alpha value is -1.67. The van der Waals surface area contributed by atoms with Gasteiger partial charge in [0.1, 0.15) is 6.04 Å². The van der Waals surface area contributed by atoms with Crippen LogP contribution in [0.15, 0.2) is 0 Å². The molecule has 0 spiro atoms. The minimum atomic E-state index is -1.24. The molecule has 8 nitrogen and oxygen atoms in total. The molecule has 0 saturated carbocycles. The standard InChI is InChI=1S/C7H12N2O6/c10-5(11)2-8-1-4(7(14)15)9-3-6(12)13/h4,8-9H,1-3H2,(H,10,11)(H,12,13)(H,14,15). The van der Waals surface area contributed by atoms with Gasteiger partial charge >= 0.3 is 17.9 Å². The fourth-order valence-corrected chi connectivity index (χ4v) is 0.781. The van der Waals surface area contributed by atoms with Crippen LogP contribution in [0.1, 0.15) is 0 Å². The van der Waals surface area contributed by atoms with Gasteiger partial charge in [0.25, 0.3) is 0 Å². The molecule has 0 radical (unpaired) electrons. The van der Waals surface area contributed by atoms with E-state index in [1.165, 1.54) is 0 Å². The van der Waals surface area contributed by atoms with Gasteiger partial charge in [-0.2, -0.15) is 0 Å². The van der Waals surface area contributed by atoms with E-state index >= 15 is 0 Å². The average molecular weight is 220 g/mol. The van der Waals surface area contributed by atoms with E-state index < -0.39 is 30.5 Å². The maximum atomic E-state index is 10.5. The summed E-state index contributed by atoms with van der Waals surface area (Å²) in [4.78, 5) is 30.8. The van der Waals surface area contributed by atoms with Gasteiger partial charge in [0.05, 0.1) is 13.1 Å². The van der Waals surface area contributed by atoms with E-state index in [1.807, 2.05) is 0 Å². The van der Waals surface area contributed by atoms with E-state index in [0.717, 1.165) is 0 Å². The molecule has 5 N–H and O–H groups in total. The molecule has 0 aliphatic heterocycles. The lowest BCUT2D eigenvalue weighted by atomic mass is 10.3. The van der Waals surface area contributed by atoms with Gasteiger partial charge in [-0.1, -0.05) is 0 Å². The summed E-state index contributed by atoms with van der Waals surface area (Å²) in [6, 6.07) is -1.12. The first-order valence-corrected chi connectivity index (χ1v) is 4.04. The molecular formula is C7H12N2O6. The number of hydrogen-bond acceptors (Lipinski definition) is 5. The second-order valence-corrected chi connectivity index (χ2v) is 2.69. The fourth-order valence-electron chi connectivity index (χ4n) is 0.781. The summed E-state index contributed by atoms with van der Waals surface area (Å²) in [7, 11) is 0. The highest BCUT2D eigenvalue weighted by Crippen LogP contribution is 1.82. The van der Waals surface area contributed by atoms with Gasteiger partial charge in [-0.25, -0.2) is 0 Å². The van der Waals surface area contributed by atoms with Gasteiger partial charge in [-0.3, -0.25) is 19.7 Å². The molecule has 0 aromatic heterocycles. The van der Waals surface area contributed by atoms with E-state index in [1.54, 1.807) is 0 Å². The zero-order valence-electron chi connectivity index (χ0n) is 7.77. The topological polar surface area (TPSA) is 136 Å². The second-order valence-electron chi connectivity index (χ2n) is 2.69. The van der Waals surface area contributed by atoms with E-state index in [9.17, 15) is 14.4 Å². The van der Waals surface area contributed by atoms with E-state index in [2.05, 4.69) is 10.6 Å².